The minimum Gasteiger partial charge on any atom is 0 e. The molecule has 1 aliphatic heterocycles. The Labute approximate surface area is 423 Å². The molecule has 0 radical (unpaired) electrons. The van der Waals surface area contributed by atoms with Crippen molar-refractivity contribution >= 4 is 64.4 Å². The number of rotatable bonds is 7. The summed E-state index contributed by atoms with van der Waals surface area (Å²) in [5, 5.41) is 2.32. The van der Waals surface area contributed by atoms with Gasteiger partial charge >= 0.3 is 305 Å². The van der Waals surface area contributed by atoms with Crippen molar-refractivity contribution in [1.82, 2.24) is 14.1 Å². The summed E-state index contributed by atoms with van der Waals surface area (Å²) < 4.78 is 18.0. The van der Waals surface area contributed by atoms with Crippen molar-refractivity contribution in [1.29, 1.82) is 0 Å². The molecule has 0 aliphatic carbocycles. The Kier molecular flexibility index (Phi) is 11.6. The number of nitrogens with zero attached hydrogens (tertiary/aromatic N) is 4. The van der Waals surface area contributed by atoms with Gasteiger partial charge in [0.1, 0.15) is 0 Å². The van der Waals surface area contributed by atoms with Crippen LogP contribution in [0.5, 0.6) is 11.5 Å². The molecule has 1 aliphatic rings. The largest absolute Gasteiger partial charge is 0 e. The predicted molar refractivity (Wildman–Crippen MR) is 277 cm³/mol. The van der Waals surface area contributed by atoms with Gasteiger partial charge < -0.3 is 0 Å². The van der Waals surface area contributed by atoms with E-state index in [0.717, 1.165) is 44.6 Å². The molecule has 0 unspecified atom stereocenters. The molecule has 7 heteroatoms. The average Bonchev–Trinajstić information content (AvgIpc) is 3.83. The first-order valence-electron chi connectivity index (χ1n) is 23.3. The number of ether oxygens (including phenoxy) is 1. The summed E-state index contributed by atoms with van der Waals surface area (Å²) in [6, 6.07) is 54.2. The van der Waals surface area contributed by atoms with E-state index in [1.165, 1.54) is 58.7 Å². The van der Waals surface area contributed by atoms with Crippen LogP contribution in [0.1, 0.15) is 84.7 Å². The summed E-state index contributed by atoms with van der Waals surface area (Å²) in [7, 11) is 0. The van der Waals surface area contributed by atoms with Gasteiger partial charge in [0, 0.05) is 21.1 Å². The van der Waals surface area contributed by atoms with Crippen LogP contribution in [0, 0.1) is 60.0 Å². The molecule has 0 atom stereocenters. The molecule has 342 valence electrons. The normalized spacial score (nSPS) is 13.1. The fourth-order valence-corrected chi connectivity index (χ4v) is 22.1. The van der Waals surface area contributed by atoms with Crippen molar-refractivity contribution in [3.05, 3.63) is 202 Å². The van der Waals surface area contributed by atoms with E-state index in [0.29, 0.717) is 11.5 Å². The zero-order chi connectivity index (χ0) is 46.7. The minimum absolute atomic E-state index is 0. The first-order valence-corrected chi connectivity index (χ1v) is 28.5. The third kappa shape index (κ3) is 7.59. The van der Waals surface area contributed by atoms with Gasteiger partial charge in [-0.1, -0.05) is 50.2 Å². The molecule has 5 nitrogen and oxygen atoms in total. The van der Waals surface area contributed by atoms with Gasteiger partial charge in [0.15, 0.2) is 0 Å². The summed E-state index contributed by atoms with van der Waals surface area (Å²) in [5.41, 5.74) is 17.8. The molecule has 3 aromatic heterocycles. The second kappa shape index (κ2) is 17.1. The Morgan fingerprint density at radius 1 is 0.647 bits per heavy atom. The number of aromatic nitrogens is 4. The second-order valence-corrected chi connectivity index (χ2v) is 28.3. The van der Waals surface area contributed by atoms with Gasteiger partial charge in [-0.25, -0.2) is 0 Å². The molecular formula is C61H55BiN4OPt-2. The number of para-hydroxylation sites is 2. The number of benzene rings is 7. The number of fused-ring (bicyclic) bond motifs is 5. The van der Waals surface area contributed by atoms with Crippen LogP contribution in [0.2, 0.25) is 0 Å². The van der Waals surface area contributed by atoms with E-state index < -0.39 is 21.8 Å². The molecule has 0 fully saturated rings. The van der Waals surface area contributed by atoms with Gasteiger partial charge in [-0.05, 0) is 23.1 Å². The summed E-state index contributed by atoms with van der Waals surface area (Å²) in [4.78, 5) is 5.05. The number of pyridine rings is 1. The Hall–Kier alpha value is -5.67. The molecule has 4 heterocycles. The maximum Gasteiger partial charge on any atom is 0 e. The van der Waals surface area contributed by atoms with Crippen molar-refractivity contribution in [3.8, 4) is 28.7 Å². The first kappa shape index (κ1) is 46.1. The SMILES string of the molecule is Cc1cc(C)[c]([Bi]([c]2ccc3c(c2)c2ccc(Oc4[c-]c5c(cc4)C(C)(C)c4cccc6c4n-5[c-][n+]6-c4ccccc4)[c-]c2n3-c2cc(C(C)(C)C)ccn2)[c]2c(C)cc(C)cc2C)c(C)c1.[Pt]. The van der Waals surface area contributed by atoms with Crippen molar-refractivity contribution in [3.63, 3.8) is 0 Å². The second-order valence-electron chi connectivity index (χ2n) is 20.2. The van der Waals surface area contributed by atoms with Gasteiger partial charge in [-0.15, -0.1) is 0 Å². The molecule has 0 saturated heterocycles. The monoisotopic (exact) mass is 1260 g/mol. The van der Waals surface area contributed by atoms with Crippen LogP contribution in [0.3, 0.4) is 0 Å². The number of imidazole rings is 1. The third-order valence-electron chi connectivity index (χ3n) is 13.8. The van der Waals surface area contributed by atoms with E-state index in [2.05, 4.69) is 224 Å². The summed E-state index contributed by atoms with van der Waals surface area (Å²) in [6.45, 7) is 25.1. The van der Waals surface area contributed by atoms with Crippen molar-refractivity contribution in [2.24, 2.45) is 0 Å². The quantitative estimate of drug-likeness (QED) is 0.0906. The number of aryl methyl sites for hydroxylation is 6. The topological polar surface area (TPSA) is 35.9 Å². The zero-order valence-corrected chi connectivity index (χ0v) is 46.4. The first-order chi connectivity index (χ1) is 32.1. The van der Waals surface area contributed by atoms with Crippen molar-refractivity contribution < 1.29 is 30.4 Å². The molecule has 0 spiro atoms. The van der Waals surface area contributed by atoms with E-state index in [4.69, 9.17) is 9.72 Å². The summed E-state index contributed by atoms with van der Waals surface area (Å²) >= 11 is -2.94. The van der Waals surface area contributed by atoms with Crippen LogP contribution in [0.4, 0.5) is 0 Å². The van der Waals surface area contributed by atoms with E-state index in [-0.39, 0.29) is 31.9 Å². The van der Waals surface area contributed by atoms with Crippen molar-refractivity contribution in [2.45, 2.75) is 87.0 Å². The average molecular weight is 1260 g/mol. The van der Waals surface area contributed by atoms with Gasteiger partial charge in [0.05, 0.1) is 16.7 Å². The molecule has 0 amide bonds. The molecule has 0 bridgehead atoms. The van der Waals surface area contributed by atoms with Crippen LogP contribution in [-0.2, 0) is 31.9 Å². The number of hydrogen-bond donors (Lipinski definition) is 0. The van der Waals surface area contributed by atoms with Crippen LogP contribution < -0.4 is 19.1 Å². The van der Waals surface area contributed by atoms with E-state index in [1.54, 1.807) is 6.54 Å². The summed E-state index contributed by atoms with van der Waals surface area (Å²) in [5.74, 6) is 2.10. The zero-order valence-electron chi connectivity index (χ0n) is 40.7. The maximum absolute atomic E-state index is 6.84. The van der Waals surface area contributed by atoms with Gasteiger partial charge in [-0.3, -0.25) is 4.57 Å². The van der Waals surface area contributed by atoms with Crippen LogP contribution in [0.15, 0.2) is 134 Å². The molecule has 10 aromatic rings. The Bertz CT molecular complexity index is 3550. The molecule has 0 saturated carbocycles. The molecule has 0 N–H and O–H groups in total. The fourth-order valence-electron chi connectivity index (χ4n) is 10.8. The Balaban J connectivity index is 0.00000539. The van der Waals surface area contributed by atoms with Crippen molar-refractivity contribution in [2.75, 3.05) is 0 Å². The molecular weight excluding hydrogens is 1210 g/mol. The molecule has 11 rings (SSSR count). The van der Waals surface area contributed by atoms with Gasteiger partial charge in [-0.2, -0.15) is 0 Å². The summed E-state index contributed by atoms with van der Waals surface area (Å²) in [6.07, 6.45) is 5.64. The standard InChI is InChI=1S/C43H33N4O.2C9H11.Bi.Pt/c1-42(2,3)28-22-23-44-40(24-28)47-36-16-10-9-14-32(36)33-20-18-30(25-38(33)47)48-31-19-21-34-39(26-31)46-27-45(29-12-7-6-8-13-29)37-17-11-15-35(41(37)46)43(34,4)5;2*1-7-4-8(2)6-9(3)5-7;;/h6-8,10-24H,1-5H3;2*4-5H,1-3H3;;/q-2;;;;. The molecule has 7 aromatic carbocycles. The molecule has 68 heavy (non-hydrogen) atoms. The van der Waals surface area contributed by atoms with Crippen LogP contribution >= 0.6 is 0 Å². The fraction of sp³-hybridized carbons (Fsp3) is 0.213. The van der Waals surface area contributed by atoms with Gasteiger partial charge in [0.2, 0.25) is 0 Å². The van der Waals surface area contributed by atoms with Gasteiger partial charge in [0.25, 0.3) is 6.33 Å². The van der Waals surface area contributed by atoms with E-state index in [1.807, 2.05) is 18.3 Å². The van der Waals surface area contributed by atoms with E-state index >= 15 is 0 Å². The minimum atomic E-state index is -2.94. The third-order valence-corrected chi connectivity index (χ3v) is 25.9. The smallest absolute Gasteiger partial charge is 0 e. The Morgan fingerprint density at radius 2 is 1.29 bits per heavy atom. The Morgan fingerprint density at radius 3 is 1.96 bits per heavy atom. The van der Waals surface area contributed by atoms with Crippen LogP contribution in [0.25, 0.3) is 50.0 Å². The predicted octanol–water partition coefficient (Wildman–Crippen LogP) is 11.9. The number of hydrogen-bond acceptors (Lipinski definition) is 2. The van der Waals surface area contributed by atoms with E-state index in [9.17, 15) is 0 Å². The van der Waals surface area contributed by atoms with Crippen LogP contribution in [-0.4, -0.2) is 35.9 Å². The maximum atomic E-state index is 6.84.